The molecule has 0 radical (unpaired) electrons. The first-order valence-corrected chi connectivity index (χ1v) is 11.2. The Morgan fingerprint density at radius 1 is 0.933 bits per heavy atom. The van der Waals surface area contributed by atoms with Crippen molar-refractivity contribution in [3.05, 3.63) is 82.6 Å². The van der Waals surface area contributed by atoms with Crippen molar-refractivity contribution in [3.8, 4) is 0 Å². The number of hydrogen-bond acceptors (Lipinski definition) is 1. The van der Waals surface area contributed by atoms with Gasteiger partial charge in [-0.05, 0) is 103 Å². The van der Waals surface area contributed by atoms with Crippen molar-refractivity contribution in [2.45, 2.75) is 44.1 Å². The summed E-state index contributed by atoms with van der Waals surface area (Å²) in [6, 6.07) is 18.7. The molecule has 2 aliphatic rings. The SMILES string of the molecule is O=C(N[C@@H]1CC[C@@H]2C[C@H]1CC[C@@H]2c1cccc2ccc(F)cc12)c1ccc(Cl)cc1. The molecule has 1 amide bonds. The van der Waals surface area contributed by atoms with Gasteiger partial charge in [-0.1, -0.05) is 35.9 Å². The minimum atomic E-state index is -0.169. The highest BCUT2D eigenvalue weighted by molar-refractivity contribution is 6.30. The second-order valence-electron chi connectivity index (χ2n) is 8.82. The van der Waals surface area contributed by atoms with E-state index in [1.54, 1.807) is 30.3 Å². The predicted octanol–water partition coefficient (Wildman–Crippen LogP) is 6.72. The fourth-order valence-corrected chi connectivity index (χ4v) is 5.78. The molecular weight excluding hydrogens is 397 g/mol. The van der Waals surface area contributed by atoms with Crippen molar-refractivity contribution in [2.75, 3.05) is 0 Å². The molecular formula is C26H25ClFNO. The zero-order valence-corrected chi connectivity index (χ0v) is 17.5. The smallest absolute Gasteiger partial charge is 0.251 e. The van der Waals surface area contributed by atoms with Crippen LogP contribution in [-0.2, 0) is 0 Å². The topological polar surface area (TPSA) is 29.1 Å². The fourth-order valence-electron chi connectivity index (χ4n) is 5.66. The highest BCUT2D eigenvalue weighted by Gasteiger charge is 2.40. The highest BCUT2D eigenvalue weighted by Crippen LogP contribution is 2.49. The summed E-state index contributed by atoms with van der Waals surface area (Å²) in [6.45, 7) is 0. The number of hydrogen-bond donors (Lipinski definition) is 1. The molecule has 30 heavy (non-hydrogen) atoms. The first-order chi connectivity index (χ1) is 14.6. The van der Waals surface area contributed by atoms with Crippen molar-refractivity contribution in [1.29, 1.82) is 0 Å². The third-order valence-electron chi connectivity index (χ3n) is 7.14. The fraction of sp³-hybridized carbons (Fsp3) is 0.346. The summed E-state index contributed by atoms with van der Waals surface area (Å²) in [7, 11) is 0. The van der Waals surface area contributed by atoms with E-state index < -0.39 is 0 Å². The lowest BCUT2D eigenvalue weighted by Crippen LogP contribution is -2.46. The summed E-state index contributed by atoms with van der Waals surface area (Å²) in [5.74, 6) is 1.41. The van der Waals surface area contributed by atoms with Gasteiger partial charge in [0, 0.05) is 16.6 Å². The van der Waals surface area contributed by atoms with Crippen LogP contribution in [0.5, 0.6) is 0 Å². The quantitative estimate of drug-likeness (QED) is 0.499. The van der Waals surface area contributed by atoms with Gasteiger partial charge in [-0.25, -0.2) is 4.39 Å². The summed E-state index contributed by atoms with van der Waals surface area (Å²) in [4.78, 5) is 12.7. The van der Waals surface area contributed by atoms with E-state index >= 15 is 0 Å². The van der Waals surface area contributed by atoms with Crippen molar-refractivity contribution < 1.29 is 9.18 Å². The maximum absolute atomic E-state index is 13.9. The lowest BCUT2D eigenvalue weighted by Gasteiger charge is -2.45. The normalized spacial score (nSPS) is 25.8. The zero-order valence-electron chi connectivity index (χ0n) is 16.8. The summed E-state index contributed by atoms with van der Waals surface area (Å²) in [6.07, 6.45) is 5.42. The molecule has 3 aromatic rings. The molecule has 0 heterocycles. The molecule has 1 N–H and O–H groups in total. The van der Waals surface area contributed by atoms with Crippen LogP contribution in [0.1, 0.15) is 53.9 Å². The van der Waals surface area contributed by atoms with Gasteiger partial charge in [0.1, 0.15) is 5.82 Å². The Balaban J connectivity index is 1.31. The molecule has 0 aliphatic heterocycles. The summed E-state index contributed by atoms with van der Waals surface area (Å²) < 4.78 is 13.9. The Kier molecular flexibility index (Phi) is 5.24. The van der Waals surface area contributed by atoms with Crippen LogP contribution in [0.25, 0.3) is 10.8 Å². The van der Waals surface area contributed by atoms with Crippen molar-refractivity contribution in [3.63, 3.8) is 0 Å². The Labute approximate surface area is 181 Å². The molecule has 0 aromatic heterocycles. The summed E-state index contributed by atoms with van der Waals surface area (Å²) in [5.41, 5.74) is 1.95. The Hall–Kier alpha value is -2.39. The van der Waals surface area contributed by atoms with Crippen molar-refractivity contribution >= 4 is 28.3 Å². The van der Waals surface area contributed by atoms with Gasteiger partial charge in [0.2, 0.25) is 0 Å². The molecule has 0 unspecified atom stereocenters. The van der Waals surface area contributed by atoms with Gasteiger partial charge in [0.05, 0.1) is 0 Å². The van der Waals surface area contributed by atoms with Gasteiger partial charge in [-0.2, -0.15) is 0 Å². The van der Waals surface area contributed by atoms with Crippen molar-refractivity contribution in [2.24, 2.45) is 11.8 Å². The Bertz CT molecular complexity index is 1080. The minimum absolute atomic E-state index is 0.0123. The van der Waals surface area contributed by atoms with Gasteiger partial charge in [0.25, 0.3) is 5.91 Å². The number of halogens is 2. The number of benzene rings is 3. The van der Waals surface area contributed by atoms with Crippen LogP contribution in [0.3, 0.4) is 0 Å². The standard InChI is InChI=1S/C26H25ClFNO/c27-20-9-4-17(5-10-20)26(30)29-25-13-8-18-14-19(25)7-12-22(18)23-3-1-2-16-6-11-21(28)15-24(16)23/h1-6,9-11,15,18-19,22,25H,7-8,12-14H2,(H,29,30)/t18-,19-,22+,25-/m1/s1. The molecule has 2 saturated carbocycles. The third-order valence-corrected chi connectivity index (χ3v) is 7.39. The van der Waals surface area contributed by atoms with E-state index in [-0.39, 0.29) is 17.8 Å². The van der Waals surface area contributed by atoms with Crippen LogP contribution in [0.2, 0.25) is 5.02 Å². The lowest BCUT2D eigenvalue weighted by atomic mass is 9.63. The van der Waals surface area contributed by atoms with E-state index in [4.69, 9.17) is 11.6 Å². The van der Waals surface area contributed by atoms with Crippen LogP contribution in [-0.4, -0.2) is 11.9 Å². The van der Waals surface area contributed by atoms with Crippen molar-refractivity contribution in [1.82, 2.24) is 5.32 Å². The monoisotopic (exact) mass is 421 g/mol. The van der Waals surface area contributed by atoms with E-state index in [1.165, 1.54) is 11.6 Å². The van der Waals surface area contributed by atoms with Crippen LogP contribution in [0.4, 0.5) is 4.39 Å². The van der Waals surface area contributed by atoms with Gasteiger partial charge in [-0.3, -0.25) is 4.79 Å². The average Bonchev–Trinajstić information content (AvgIpc) is 2.76. The maximum atomic E-state index is 13.9. The lowest BCUT2D eigenvalue weighted by molar-refractivity contribution is 0.0825. The summed E-state index contributed by atoms with van der Waals surface area (Å²) >= 11 is 5.93. The number of rotatable bonds is 3. The number of amides is 1. The number of nitrogens with one attached hydrogen (secondary N) is 1. The molecule has 3 aromatic carbocycles. The van der Waals surface area contributed by atoms with Crippen LogP contribution in [0.15, 0.2) is 60.7 Å². The van der Waals surface area contributed by atoms with Gasteiger partial charge >= 0.3 is 0 Å². The predicted molar refractivity (Wildman–Crippen MR) is 119 cm³/mol. The largest absolute Gasteiger partial charge is 0.349 e. The molecule has 2 nitrogen and oxygen atoms in total. The maximum Gasteiger partial charge on any atom is 0.251 e. The number of fused-ring (bicyclic) bond motifs is 3. The van der Waals surface area contributed by atoms with E-state index in [2.05, 4.69) is 23.5 Å². The molecule has 2 fully saturated rings. The highest BCUT2D eigenvalue weighted by atomic mass is 35.5. The molecule has 154 valence electrons. The van der Waals surface area contributed by atoms with E-state index in [0.29, 0.717) is 28.3 Å². The van der Waals surface area contributed by atoms with Crippen LogP contribution < -0.4 is 5.32 Å². The second kappa shape index (κ2) is 8.03. The van der Waals surface area contributed by atoms with Crippen LogP contribution >= 0.6 is 11.6 Å². The molecule has 0 saturated heterocycles. The van der Waals surface area contributed by atoms with Gasteiger partial charge in [0.15, 0.2) is 0 Å². The zero-order chi connectivity index (χ0) is 20.7. The van der Waals surface area contributed by atoms with E-state index in [0.717, 1.165) is 42.9 Å². The first-order valence-electron chi connectivity index (χ1n) is 10.8. The Morgan fingerprint density at radius 3 is 2.57 bits per heavy atom. The van der Waals surface area contributed by atoms with E-state index in [9.17, 15) is 9.18 Å². The third kappa shape index (κ3) is 3.72. The van der Waals surface area contributed by atoms with Gasteiger partial charge in [-0.15, -0.1) is 0 Å². The second-order valence-corrected chi connectivity index (χ2v) is 9.25. The number of carbonyl (C=O) groups is 1. The average molecular weight is 422 g/mol. The molecule has 2 bridgehead atoms. The Morgan fingerprint density at radius 2 is 1.73 bits per heavy atom. The van der Waals surface area contributed by atoms with Crippen LogP contribution in [0, 0.1) is 17.7 Å². The molecule has 0 spiro atoms. The molecule has 4 atom stereocenters. The minimum Gasteiger partial charge on any atom is -0.349 e. The molecule has 4 heteroatoms. The first kappa shape index (κ1) is 19.6. The molecule has 5 rings (SSSR count). The number of carbonyl (C=O) groups excluding carboxylic acids is 1. The van der Waals surface area contributed by atoms with E-state index in [1.807, 2.05) is 6.07 Å². The summed E-state index contributed by atoms with van der Waals surface area (Å²) in [5, 5.41) is 6.07. The van der Waals surface area contributed by atoms with Gasteiger partial charge < -0.3 is 5.32 Å². The molecule has 2 aliphatic carbocycles.